The molecule has 180 valence electrons. The molecule has 0 unspecified atom stereocenters. The van der Waals surface area contributed by atoms with Crippen LogP contribution in [0.3, 0.4) is 0 Å². The van der Waals surface area contributed by atoms with Gasteiger partial charge < -0.3 is 29.6 Å². The van der Waals surface area contributed by atoms with Gasteiger partial charge in [-0.25, -0.2) is 4.98 Å². The van der Waals surface area contributed by atoms with Gasteiger partial charge in [-0.05, 0) is 44.5 Å². The second-order valence-corrected chi connectivity index (χ2v) is 8.35. The molecule has 0 radical (unpaired) electrons. The summed E-state index contributed by atoms with van der Waals surface area (Å²) in [5.74, 6) is 2.35. The van der Waals surface area contributed by atoms with E-state index in [4.69, 9.17) is 14.5 Å². The van der Waals surface area contributed by atoms with Crippen LogP contribution in [-0.4, -0.2) is 66.8 Å². The van der Waals surface area contributed by atoms with Crippen molar-refractivity contribution < 1.29 is 17.1 Å². The van der Waals surface area contributed by atoms with Gasteiger partial charge in [0.05, 0.1) is 19.8 Å². The third-order valence-electron chi connectivity index (χ3n) is 6.16. The van der Waals surface area contributed by atoms with Crippen LogP contribution in [-0.2, 0) is 9.53 Å². The average molecular weight is 456 g/mol. The van der Waals surface area contributed by atoms with Gasteiger partial charge in [-0.15, -0.1) is 0 Å². The molecule has 33 heavy (non-hydrogen) atoms. The molecule has 0 atom stereocenters. The monoisotopic (exact) mass is 455 g/mol. The first-order valence-electron chi connectivity index (χ1n) is 11.5. The molecular weight excluding hydrogens is 418 g/mol. The Morgan fingerprint density at radius 1 is 1.27 bits per heavy atom. The van der Waals surface area contributed by atoms with Crippen LogP contribution >= 0.6 is 0 Å². The Morgan fingerprint density at radius 3 is 2.79 bits per heavy atom. The number of benzene rings is 1. The van der Waals surface area contributed by atoms with E-state index in [0.717, 1.165) is 41.7 Å². The Kier molecular flexibility index (Phi) is 7.03. The minimum absolute atomic E-state index is 0. The number of aromatic amines is 1. The number of rotatable bonds is 8. The van der Waals surface area contributed by atoms with Crippen molar-refractivity contribution >= 4 is 34.1 Å². The molecule has 1 fully saturated rings. The summed E-state index contributed by atoms with van der Waals surface area (Å²) in [7, 11) is 0. The minimum Gasteiger partial charge on any atom is -0.491 e. The minimum atomic E-state index is 0. The number of pyridine rings is 1. The van der Waals surface area contributed by atoms with Crippen molar-refractivity contribution in [2.45, 2.75) is 27.7 Å². The molecule has 2 N–H and O–H groups in total. The molecular formula is C25H37N5O3. The summed E-state index contributed by atoms with van der Waals surface area (Å²) in [5, 5.41) is 4.65. The van der Waals surface area contributed by atoms with Crippen molar-refractivity contribution in [2.75, 3.05) is 56.2 Å². The highest BCUT2D eigenvalue weighted by Crippen LogP contribution is 2.29. The Labute approximate surface area is 197 Å². The molecule has 0 bridgehead atoms. The van der Waals surface area contributed by atoms with Gasteiger partial charge in [0, 0.05) is 63.8 Å². The average Bonchev–Trinajstić information content (AvgIpc) is 3.10. The second kappa shape index (κ2) is 10.1. The fourth-order valence-electron chi connectivity index (χ4n) is 4.09. The zero-order valence-corrected chi connectivity index (χ0v) is 19.9. The zero-order valence-electron chi connectivity index (χ0n) is 19.9. The lowest BCUT2D eigenvalue weighted by Crippen LogP contribution is -2.36. The molecule has 1 amide bonds. The summed E-state index contributed by atoms with van der Waals surface area (Å²) in [6, 6.07) is 10.1. The molecule has 8 heteroatoms. The number of fused-ring (bicyclic) bond motifs is 1. The molecule has 4 rings (SSSR count). The van der Waals surface area contributed by atoms with Crippen LogP contribution in [0.2, 0.25) is 0 Å². The molecule has 0 saturated carbocycles. The first-order valence-corrected chi connectivity index (χ1v) is 11.5. The van der Waals surface area contributed by atoms with Gasteiger partial charge in [-0.3, -0.25) is 4.79 Å². The second-order valence-electron chi connectivity index (χ2n) is 8.35. The standard InChI is InChI=1S/C25H33N5O3.2H2/c1-5-29(19(4)31)10-13-33-21-15-24(28-25(16-21)30-8-11-32-12-9-30)27-20-6-7-23-22(14-20)17(2)18(3)26-23;;/h6-7,14-16,26H,5,8-13H2,1-4H3,(H,27,28);2*1H. The smallest absolute Gasteiger partial charge is 0.219 e. The number of aryl methyl sites for hydroxylation is 2. The molecule has 0 spiro atoms. The summed E-state index contributed by atoms with van der Waals surface area (Å²) in [6.07, 6.45) is 0. The number of aromatic nitrogens is 2. The van der Waals surface area contributed by atoms with Gasteiger partial charge in [-0.2, -0.15) is 0 Å². The first-order chi connectivity index (χ1) is 15.9. The molecule has 3 aromatic rings. The van der Waals surface area contributed by atoms with Crippen LogP contribution in [0.4, 0.5) is 17.3 Å². The zero-order chi connectivity index (χ0) is 23.4. The highest BCUT2D eigenvalue weighted by molar-refractivity contribution is 5.88. The number of likely N-dealkylation sites (N-methyl/N-ethyl adjacent to an activating group) is 1. The lowest BCUT2D eigenvalue weighted by atomic mass is 10.1. The summed E-state index contributed by atoms with van der Waals surface area (Å²) in [5.41, 5.74) is 4.52. The van der Waals surface area contributed by atoms with E-state index >= 15 is 0 Å². The van der Waals surface area contributed by atoms with E-state index in [1.54, 1.807) is 11.8 Å². The largest absolute Gasteiger partial charge is 0.491 e. The van der Waals surface area contributed by atoms with E-state index in [0.29, 0.717) is 32.9 Å². The van der Waals surface area contributed by atoms with Crippen LogP contribution in [0.25, 0.3) is 10.9 Å². The third kappa shape index (κ3) is 5.39. The summed E-state index contributed by atoms with van der Waals surface area (Å²) in [6.45, 7) is 12.4. The quantitative estimate of drug-likeness (QED) is 0.520. The maximum Gasteiger partial charge on any atom is 0.219 e. The van der Waals surface area contributed by atoms with Crippen molar-refractivity contribution in [3.8, 4) is 5.75 Å². The van der Waals surface area contributed by atoms with Crippen LogP contribution in [0.15, 0.2) is 30.3 Å². The number of amides is 1. The van der Waals surface area contributed by atoms with Gasteiger partial charge in [0.15, 0.2) is 0 Å². The Balaban J connectivity index is 0.00000216. The number of ether oxygens (including phenoxy) is 2. The predicted molar refractivity (Wildman–Crippen MR) is 136 cm³/mol. The van der Waals surface area contributed by atoms with Crippen LogP contribution in [0.5, 0.6) is 5.75 Å². The lowest BCUT2D eigenvalue weighted by Gasteiger charge is -2.28. The molecule has 8 nitrogen and oxygen atoms in total. The van der Waals surface area contributed by atoms with Crippen molar-refractivity contribution in [2.24, 2.45) is 0 Å². The van der Waals surface area contributed by atoms with Gasteiger partial charge in [-0.1, -0.05) is 0 Å². The van der Waals surface area contributed by atoms with Crippen molar-refractivity contribution in [1.82, 2.24) is 14.9 Å². The van der Waals surface area contributed by atoms with Gasteiger partial charge in [0.25, 0.3) is 0 Å². The van der Waals surface area contributed by atoms with Gasteiger partial charge >= 0.3 is 0 Å². The summed E-state index contributed by atoms with van der Waals surface area (Å²) >= 11 is 0. The molecule has 2 aromatic heterocycles. The number of carbonyl (C=O) groups is 1. The number of carbonyl (C=O) groups excluding carboxylic acids is 1. The Morgan fingerprint density at radius 2 is 2.06 bits per heavy atom. The number of nitrogens with zero attached hydrogens (tertiary/aromatic N) is 3. The fraction of sp³-hybridized carbons (Fsp3) is 0.440. The number of hydrogen-bond donors (Lipinski definition) is 2. The van der Waals surface area contributed by atoms with Crippen molar-refractivity contribution in [1.29, 1.82) is 0 Å². The third-order valence-corrected chi connectivity index (χ3v) is 6.16. The van der Waals surface area contributed by atoms with Crippen LogP contribution in [0.1, 0.15) is 28.0 Å². The lowest BCUT2D eigenvalue weighted by molar-refractivity contribution is -0.129. The van der Waals surface area contributed by atoms with E-state index in [9.17, 15) is 4.79 Å². The van der Waals surface area contributed by atoms with Crippen LogP contribution < -0.4 is 15.0 Å². The molecule has 0 aliphatic carbocycles. The molecule has 1 aliphatic rings. The van der Waals surface area contributed by atoms with Gasteiger partial charge in [0.1, 0.15) is 24.0 Å². The number of hydrogen-bond acceptors (Lipinski definition) is 6. The topological polar surface area (TPSA) is 82.7 Å². The van der Waals surface area contributed by atoms with E-state index in [1.165, 1.54) is 16.6 Å². The van der Waals surface area contributed by atoms with E-state index in [-0.39, 0.29) is 8.76 Å². The van der Waals surface area contributed by atoms with Crippen LogP contribution in [0, 0.1) is 13.8 Å². The number of morpholine rings is 1. The number of anilines is 3. The fourth-order valence-corrected chi connectivity index (χ4v) is 4.09. The Bertz CT molecular complexity index is 1130. The maximum absolute atomic E-state index is 11.7. The van der Waals surface area contributed by atoms with E-state index in [1.807, 2.05) is 25.1 Å². The first kappa shape index (κ1) is 22.9. The van der Waals surface area contributed by atoms with E-state index in [2.05, 4.69) is 41.2 Å². The molecule has 1 aliphatic heterocycles. The number of nitrogens with one attached hydrogen (secondary N) is 2. The van der Waals surface area contributed by atoms with E-state index < -0.39 is 0 Å². The SMILES string of the molecule is CCN(CCOc1cc(Nc2ccc3[nH]c(C)c(C)c3c2)nc(N2CCOCC2)c1)C(C)=O.[HH].[HH]. The summed E-state index contributed by atoms with van der Waals surface area (Å²) in [4.78, 5) is 23.9. The molecule has 1 aromatic carbocycles. The molecule has 3 heterocycles. The highest BCUT2D eigenvalue weighted by atomic mass is 16.5. The maximum atomic E-state index is 11.7. The highest BCUT2D eigenvalue weighted by Gasteiger charge is 2.16. The normalized spacial score (nSPS) is 13.9. The van der Waals surface area contributed by atoms with Gasteiger partial charge in [0.2, 0.25) is 5.91 Å². The number of H-pyrrole nitrogens is 1. The predicted octanol–water partition coefficient (Wildman–Crippen LogP) is 4.50. The van der Waals surface area contributed by atoms with Crippen molar-refractivity contribution in [3.05, 3.63) is 41.6 Å². The molecule has 1 saturated heterocycles. The Hall–Kier alpha value is -3.26. The summed E-state index contributed by atoms with van der Waals surface area (Å²) < 4.78 is 11.6. The van der Waals surface area contributed by atoms with Crippen molar-refractivity contribution in [3.63, 3.8) is 0 Å².